The number of hydrogen-bond donors (Lipinski definition) is 1. The van der Waals surface area contributed by atoms with Gasteiger partial charge >= 0.3 is 12.5 Å². The van der Waals surface area contributed by atoms with E-state index < -0.39 is 35.5 Å². The standard InChI is InChI=1S/C23H19F6N5O4S/c24-22(25,26)15-7-14(10-30-11-15)21-33-32-20(39-21)9-17(35)13-1-2-18(38-23(27,28)29)16(8-13)31-19(36)12-34-3-5-37-6-4-34/h1-2,7-8,10-11H,3-6,9,12H2,(H,31,36). The molecule has 4 rings (SSSR count). The summed E-state index contributed by atoms with van der Waals surface area (Å²) in [5.74, 6) is -1.90. The van der Waals surface area contributed by atoms with E-state index in [0.29, 0.717) is 32.5 Å². The third-order valence-corrected chi connectivity index (χ3v) is 6.34. The molecule has 0 bridgehead atoms. The summed E-state index contributed by atoms with van der Waals surface area (Å²) in [6.45, 7) is 1.66. The molecule has 1 saturated heterocycles. The van der Waals surface area contributed by atoms with Crippen molar-refractivity contribution in [3.8, 4) is 16.3 Å². The molecule has 39 heavy (non-hydrogen) atoms. The number of halogens is 6. The number of ether oxygens (including phenoxy) is 2. The molecule has 3 aromatic rings. The Morgan fingerprint density at radius 2 is 1.79 bits per heavy atom. The normalized spacial score (nSPS) is 14.7. The largest absolute Gasteiger partial charge is 0.573 e. The molecule has 1 fully saturated rings. The van der Waals surface area contributed by atoms with Gasteiger partial charge in [-0.25, -0.2) is 0 Å². The third kappa shape index (κ3) is 7.93. The maximum atomic E-state index is 13.0. The third-order valence-electron chi connectivity index (χ3n) is 5.36. The summed E-state index contributed by atoms with van der Waals surface area (Å²) < 4.78 is 86.8. The van der Waals surface area contributed by atoms with Crippen molar-refractivity contribution >= 4 is 28.7 Å². The van der Waals surface area contributed by atoms with Gasteiger partial charge in [-0.05, 0) is 24.3 Å². The van der Waals surface area contributed by atoms with Crippen molar-refractivity contribution in [1.82, 2.24) is 20.1 Å². The molecule has 9 nitrogen and oxygen atoms in total. The fraction of sp³-hybridized carbons (Fsp3) is 0.348. The molecule has 0 saturated carbocycles. The first-order chi connectivity index (χ1) is 18.4. The highest BCUT2D eigenvalue weighted by molar-refractivity contribution is 7.14. The Labute approximate surface area is 220 Å². The summed E-state index contributed by atoms with van der Waals surface area (Å²) in [5.41, 5.74) is -1.33. The SMILES string of the molecule is O=C(CN1CCOCC1)Nc1cc(C(=O)Cc2nnc(-c3cncc(C(F)(F)F)c3)s2)ccc1OC(F)(F)F. The number of nitrogens with one attached hydrogen (secondary N) is 1. The molecule has 208 valence electrons. The minimum Gasteiger partial charge on any atom is -0.404 e. The smallest absolute Gasteiger partial charge is 0.404 e. The zero-order valence-corrected chi connectivity index (χ0v) is 20.6. The average molecular weight is 575 g/mol. The predicted molar refractivity (Wildman–Crippen MR) is 125 cm³/mol. The van der Waals surface area contributed by atoms with Crippen LogP contribution in [0.15, 0.2) is 36.7 Å². The molecule has 1 N–H and O–H groups in total. The summed E-state index contributed by atoms with van der Waals surface area (Å²) in [4.78, 5) is 30.7. The van der Waals surface area contributed by atoms with Crippen LogP contribution in [-0.4, -0.2) is 71.0 Å². The number of rotatable bonds is 8. The number of morpholine rings is 1. The Morgan fingerprint density at radius 1 is 1.05 bits per heavy atom. The van der Waals surface area contributed by atoms with Gasteiger partial charge in [-0.15, -0.1) is 23.4 Å². The fourth-order valence-corrected chi connectivity index (χ4v) is 4.38. The van der Waals surface area contributed by atoms with E-state index in [9.17, 15) is 35.9 Å². The van der Waals surface area contributed by atoms with Gasteiger partial charge in [0.1, 0.15) is 10.0 Å². The minimum absolute atomic E-state index is 0.0521. The summed E-state index contributed by atoms with van der Waals surface area (Å²) in [7, 11) is 0. The van der Waals surface area contributed by atoms with E-state index in [1.54, 1.807) is 4.90 Å². The first-order valence-electron chi connectivity index (χ1n) is 11.3. The maximum absolute atomic E-state index is 13.0. The molecule has 2 aromatic heterocycles. The van der Waals surface area contributed by atoms with Crippen LogP contribution < -0.4 is 10.1 Å². The molecule has 1 aliphatic heterocycles. The van der Waals surface area contributed by atoms with Crippen LogP contribution in [0.4, 0.5) is 32.0 Å². The lowest BCUT2D eigenvalue weighted by molar-refractivity contribution is -0.274. The molecule has 0 aliphatic carbocycles. The molecule has 16 heteroatoms. The molecule has 0 atom stereocenters. The number of aromatic nitrogens is 3. The Balaban J connectivity index is 1.50. The van der Waals surface area contributed by atoms with Gasteiger partial charge in [-0.1, -0.05) is 11.3 Å². The first kappa shape index (κ1) is 28.4. The monoisotopic (exact) mass is 575 g/mol. The van der Waals surface area contributed by atoms with Gasteiger partial charge < -0.3 is 14.8 Å². The van der Waals surface area contributed by atoms with Gasteiger partial charge in [0.25, 0.3) is 0 Å². The Morgan fingerprint density at radius 3 is 2.49 bits per heavy atom. The van der Waals surface area contributed by atoms with E-state index in [4.69, 9.17) is 4.74 Å². The molecular formula is C23H19F6N5O4S. The zero-order chi connectivity index (χ0) is 28.2. The van der Waals surface area contributed by atoms with E-state index in [0.717, 1.165) is 35.6 Å². The van der Waals surface area contributed by atoms with Gasteiger partial charge in [-0.3, -0.25) is 19.5 Å². The van der Waals surface area contributed by atoms with Crippen molar-refractivity contribution in [2.45, 2.75) is 19.0 Å². The van der Waals surface area contributed by atoms with E-state index in [-0.39, 0.29) is 39.8 Å². The van der Waals surface area contributed by atoms with Crippen LogP contribution in [-0.2, 0) is 22.1 Å². The van der Waals surface area contributed by atoms with Crippen LogP contribution in [0.5, 0.6) is 5.75 Å². The van der Waals surface area contributed by atoms with Gasteiger partial charge in [0.2, 0.25) is 5.91 Å². The van der Waals surface area contributed by atoms with Gasteiger partial charge in [0.05, 0.1) is 37.4 Å². The van der Waals surface area contributed by atoms with Gasteiger partial charge in [0, 0.05) is 36.6 Å². The van der Waals surface area contributed by atoms with E-state index in [1.165, 1.54) is 6.20 Å². The van der Waals surface area contributed by atoms with E-state index >= 15 is 0 Å². The molecule has 0 spiro atoms. The van der Waals surface area contributed by atoms with Crippen molar-refractivity contribution in [3.63, 3.8) is 0 Å². The number of hydrogen-bond acceptors (Lipinski definition) is 9. The van der Waals surface area contributed by atoms with Crippen LogP contribution in [0.25, 0.3) is 10.6 Å². The lowest BCUT2D eigenvalue weighted by Gasteiger charge is -2.26. The lowest BCUT2D eigenvalue weighted by Crippen LogP contribution is -2.41. The molecule has 0 unspecified atom stereocenters. The predicted octanol–water partition coefficient (Wildman–Crippen LogP) is 4.21. The number of alkyl halides is 6. The van der Waals surface area contributed by atoms with E-state index in [2.05, 4.69) is 25.2 Å². The second-order valence-electron chi connectivity index (χ2n) is 8.26. The average Bonchev–Trinajstić information content (AvgIpc) is 3.33. The number of benzene rings is 1. The van der Waals surface area contributed by atoms with Crippen LogP contribution in [0.2, 0.25) is 0 Å². The highest BCUT2D eigenvalue weighted by Gasteiger charge is 2.33. The number of ketones is 1. The van der Waals surface area contributed by atoms with Crippen molar-refractivity contribution in [2.24, 2.45) is 0 Å². The number of anilines is 1. The maximum Gasteiger partial charge on any atom is 0.573 e. The number of carbonyl (C=O) groups excluding carboxylic acids is 2. The Bertz CT molecular complexity index is 1340. The highest BCUT2D eigenvalue weighted by Crippen LogP contribution is 2.34. The molecule has 1 aliphatic rings. The van der Waals surface area contributed by atoms with Crippen LogP contribution in [0.3, 0.4) is 0 Å². The number of pyridine rings is 1. The van der Waals surface area contributed by atoms with Gasteiger partial charge in [-0.2, -0.15) is 13.2 Å². The number of carbonyl (C=O) groups is 2. The molecule has 1 amide bonds. The second kappa shape index (κ2) is 11.6. The van der Waals surface area contributed by atoms with Crippen molar-refractivity contribution in [3.05, 3.63) is 52.8 Å². The Kier molecular flexibility index (Phi) is 8.46. The minimum atomic E-state index is -5.05. The molecular weight excluding hydrogens is 556 g/mol. The fourth-order valence-electron chi connectivity index (χ4n) is 3.56. The summed E-state index contributed by atoms with van der Waals surface area (Å²) in [6, 6.07) is 3.91. The second-order valence-corrected chi connectivity index (χ2v) is 9.32. The van der Waals surface area contributed by atoms with E-state index in [1.807, 2.05) is 0 Å². The summed E-state index contributed by atoms with van der Waals surface area (Å²) in [5, 5.41) is 10.3. The van der Waals surface area contributed by atoms with Crippen molar-refractivity contribution in [1.29, 1.82) is 0 Å². The van der Waals surface area contributed by atoms with Crippen LogP contribution in [0, 0.1) is 0 Å². The summed E-state index contributed by atoms with van der Waals surface area (Å²) in [6.07, 6.45) is -8.16. The first-order valence-corrected chi connectivity index (χ1v) is 12.1. The zero-order valence-electron chi connectivity index (χ0n) is 19.8. The topological polar surface area (TPSA) is 107 Å². The number of Topliss-reactive ketones (excluding diaryl/α,β-unsaturated/α-hetero) is 1. The quantitative estimate of drug-likeness (QED) is 0.315. The highest BCUT2D eigenvalue weighted by atomic mass is 32.1. The van der Waals surface area contributed by atoms with Crippen molar-refractivity contribution < 1.29 is 45.4 Å². The van der Waals surface area contributed by atoms with Crippen LogP contribution >= 0.6 is 11.3 Å². The Hall–Kier alpha value is -3.63. The van der Waals surface area contributed by atoms with Crippen LogP contribution in [0.1, 0.15) is 20.9 Å². The lowest BCUT2D eigenvalue weighted by atomic mass is 10.1. The van der Waals surface area contributed by atoms with Crippen molar-refractivity contribution in [2.75, 3.05) is 38.2 Å². The number of amides is 1. The van der Waals surface area contributed by atoms with Gasteiger partial charge in [0.15, 0.2) is 11.5 Å². The molecule has 0 radical (unpaired) electrons. The molecule has 3 heterocycles. The molecule has 1 aromatic carbocycles. The summed E-state index contributed by atoms with van der Waals surface area (Å²) >= 11 is 0.864. The number of nitrogens with zero attached hydrogens (tertiary/aromatic N) is 4.